The number of allylic oxidation sites excluding steroid dienone is 3. The second-order valence-corrected chi connectivity index (χ2v) is 8.83. The lowest BCUT2D eigenvalue weighted by atomic mass is 9.66. The Morgan fingerprint density at radius 2 is 1.97 bits per heavy atom. The molecule has 0 bridgehead atoms. The molecule has 2 aliphatic carbocycles. The molecule has 0 radical (unpaired) electrons. The first-order valence-corrected chi connectivity index (χ1v) is 11.0. The van der Waals surface area contributed by atoms with Crippen LogP contribution in [0.2, 0.25) is 0 Å². The van der Waals surface area contributed by atoms with Gasteiger partial charge in [-0.1, -0.05) is 26.8 Å². The molecule has 0 heterocycles. The van der Waals surface area contributed by atoms with Gasteiger partial charge in [-0.05, 0) is 56.1 Å². The number of hydrogen-bond acceptors (Lipinski definition) is 6. The van der Waals surface area contributed by atoms with Gasteiger partial charge in [-0.2, -0.15) is 0 Å². The number of aliphatic hydroxyl groups is 3. The van der Waals surface area contributed by atoms with Gasteiger partial charge >= 0.3 is 11.9 Å². The van der Waals surface area contributed by atoms with Gasteiger partial charge in [0.15, 0.2) is 0 Å². The Labute approximate surface area is 178 Å². The molecule has 7 atom stereocenters. The molecule has 0 saturated heterocycles. The molecule has 4 N–H and O–H groups in total. The van der Waals surface area contributed by atoms with Crippen molar-refractivity contribution in [2.45, 2.75) is 84.0 Å². The van der Waals surface area contributed by atoms with Gasteiger partial charge in [-0.3, -0.25) is 9.59 Å². The first-order valence-electron chi connectivity index (χ1n) is 11.0. The first-order chi connectivity index (χ1) is 14.1. The summed E-state index contributed by atoms with van der Waals surface area (Å²) in [6, 6.07) is 0. The van der Waals surface area contributed by atoms with Crippen molar-refractivity contribution in [3.05, 3.63) is 23.5 Å². The number of carboxylic acid groups (broad SMARTS) is 1. The Bertz CT molecular complexity index is 668. The maximum atomic E-state index is 12.4. The lowest BCUT2D eigenvalue weighted by Crippen LogP contribution is -2.41. The minimum absolute atomic E-state index is 0.00495. The molecule has 170 valence electrons. The van der Waals surface area contributed by atoms with E-state index in [-0.39, 0.29) is 47.9 Å². The molecular weight excluding hydrogens is 388 g/mol. The lowest BCUT2D eigenvalue weighted by molar-refractivity contribution is -0.158. The highest BCUT2D eigenvalue weighted by Crippen LogP contribution is 2.45. The van der Waals surface area contributed by atoms with Crippen molar-refractivity contribution >= 4 is 11.9 Å². The number of fused-ring (bicyclic) bond motifs is 1. The van der Waals surface area contributed by atoms with Gasteiger partial charge in [-0.15, -0.1) is 0 Å². The summed E-state index contributed by atoms with van der Waals surface area (Å²) in [5.41, 5.74) is 0.976. The zero-order chi connectivity index (χ0) is 22.4. The number of ether oxygens (including phenoxy) is 1. The average molecular weight is 425 g/mol. The number of aliphatic carboxylic acids is 1. The van der Waals surface area contributed by atoms with E-state index in [2.05, 4.69) is 6.08 Å². The number of carboxylic acids is 1. The lowest BCUT2D eigenvalue weighted by Gasteiger charge is -2.43. The predicted octanol–water partition coefficient (Wildman–Crippen LogP) is 3.36. The third kappa shape index (κ3) is 6.32. The van der Waals surface area contributed by atoms with Gasteiger partial charge in [0.2, 0.25) is 0 Å². The van der Waals surface area contributed by atoms with E-state index >= 15 is 0 Å². The molecule has 0 spiro atoms. The van der Waals surface area contributed by atoms with E-state index in [9.17, 15) is 24.9 Å². The largest absolute Gasteiger partial charge is 0.512 e. The Kier molecular flexibility index (Phi) is 8.92. The van der Waals surface area contributed by atoms with Crippen LogP contribution in [0.1, 0.15) is 65.7 Å². The van der Waals surface area contributed by atoms with Crippen LogP contribution in [0, 0.1) is 23.7 Å². The second kappa shape index (κ2) is 11.0. The van der Waals surface area contributed by atoms with Gasteiger partial charge < -0.3 is 25.2 Å². The Morgan fingerprint density at radius 3 is 2.60 bits per heavy atom. The van der Waals surface area contributed by atoms with Crippen molar-refractivity contribution in [3.8, 4) is 0 Å². The summed E-state index contributed by atoms with van der Waals surface area (Å²) in [4.78, 5) is 23.1. The summed E-state index contributed by atoms with van der Waals surface area (Å²) in [6.45, 7) is 5.74. The van der Waals surface area contributed by atoms with Crippen molar-refractivity contribution in [1.82, 2.24) is 0 Å². The predicted molar refractivity (Wildman–Crippen MR) is 112 cm³/mol. The Hall–Kier alpha value is -1.86. The van der Waals surface area contributed by atoms with E-state index in [1.807, 2.05) is 20.8 Å². The van der Waals surface area contributed by atoms with Gasteiger partial charge in [0.05, 0.1) is 30.3 Å². The third-order valence-corrected chi connectivity index (χ3v) is 6.57. The van der Waals surface area contributed by atoms with E-state index < -0.39 is 24.6 Å². The van der Waals surface area contributed by atoms with Crippen molar-refractivity contribution in [3.63, 3.8) is 0 Å². The van der Waals surface area contributed by atoms with Crippen LogP contribution in [0.5, 0.6) is 0 Å². The molecule has 0 unspecified atom stereocenters. The monoisotopic (exact) mass is 424 g/mol. The fraction of sp³-hybridized carbons (Fsp3) is 0.739. The first kappa shape index (κ1) is 24.4. The van der Waals surface area contributed by atoms with Crippen LogP contribution >= 0.6 is 0 Å². The van der Waals surface area contributed by atoms with E-state index in [1.54, 1.807) is 6.08 Å². The zero-order valence-electron chi connectivity index (χ0n) is 18.2. The zero-order valence-corrected chi connectivity index (χ0v) is 18.2. The second-order valence-electron chi connectivity index (χ2n) is 8.83. The molecule has 2 aliphatic rings. The summed E-state index contributed by atoms with van der Waals surface area (Å²) in [5, 5.41) is 39.3. The van der Waals surface area contributed by atoms with Crippen molar-refractivity contribution in [2.24, 2.45) is 23.7 Å². The molecule has 0 aliphatic heterocycles. The maximum absolute atomic E-state index is 12.4. The summed E-state index contributed by atoms with van der Waals surface area (Å²) in [6.07, 6.45) is 4.42. The van der Waals surface area contributed by atoms with Crippen LogP contribution in [0.15, 0.2) is 23.5 Å². The minimum atomic E-state index is -1.10. The molecule has 0 aromatic heterocycles. The van der Waals surface area contributed by atoms with Crippen LogP contribution < -0.4 is 0 Å². The van der Waals surface area contributed by atoms with E-state index in [0.717, 1.165) is 18.4 Å². The fourth-order valence-electron chi connectivity index (χ4n) is 4.55. The van der Waals surface area contributed by atoms with Gasteiger partial charge in [-0.25, -0.2) is 0 Å². The smallest absolute Gasteiger partial charge is 0.308 e. The van der Waals surface area contributed by atoms with Gasteiger partial charge in [0, 0.05) is 11.8 Å². The molecule has 0 saturated carbocycles. The fourth-order valence-corrected chi connectivity index (χ4v) is 4.55. The summed E-state index contributed by atoms with van der Waals surface area (Å²) < 4.78 is 5.88. The van der Waals surface area contributed by atoms with Crippen LogP contribution in [0.3, 0.4) is 0 Å². The summed E-state index contributed by atoms with van der Waals surface area (Å²) >= 11 is 0. The number of esters is 1. The normalized spacial score (nSPS) is 29.1. The maximum Gasteiger partial charge on any atom is 0.308 e. The molecular formula is C23H36O7. The summed E-state index contributed by atoms with van der Waals surface area (Å²) in [5.74, 6) is -1.40. The van der Waals surface area contributed by atoms with Crippen LogP contribution in [-0.4, -0.2) is 50.7 Å². The highest BCUT2D eigenvalue weighted by Gasteiger charge is 2.42. The standard InChI is InChI=1S/C23H36O7/c1-4-13(2)23(29)30-20-7-5-6-15-10-19(26)14(3)18(22(15)20)9-8-16(24)11-17(25)12-21(27)28/h6,10,13-14,16-18,20,22,24-26H,4-5,7-9,11-12H2,1-3H3,(H,27,28)/t13-,14+,16+,17+,18-,20-,22-/m0/s1. The molecule has 7 heteroatoms. The SMILES string of the molecule is CC[C@H](C)C(=O)O[C@H]1CCC=C2C=C(O)[C@H](C)[C@H](CC[C@@H](O)C[C@@H](O)CC(=O)O)[C@H]21. The van der Waals surface area contributed by atoms with E-state index in [0.29, 0.717) is 19.3 Å². The van der Waals surface area contributed by atoms with Crippen LogP contribution in [0.4, 0.5) is 0 Å². The molecule has 7 nitrogen and oxygen atoms in total. The van der Waals surface area contributed by atoms with Crippen molar-refractivity contribution < 1.29 is 34.8 Å². The molecule has 2 rings (SSSR count). The van der Waals surface area contributed by atoms with Crippen LogP contribution in [0.25, 0.3) is 0 Å². The summed E-state index contributed by atoms with van der Waals surface area (Å²) in [7, 11) is 0. The highest BCUT2D eigenvalue weighted by atomic mass is 16.5. The number of hydrogen-bond donors (Lipinski definition) is 4. The number of carbonyl (C=O) groups excluding carboxylic acids is 1. The molecule has 0 fully saturated rings. The molecule has 0 amide bonds. The van der Waals surface area contributed by atoms with E-state index in [1.165, 1.54) is 0 Å². The van der Waals surface area contributed by atoms with Crippen LogP contribution in [-0.2, 0) is 14.3 Å². The molecule has 0 aromatic carbocycles. The Morgan fingerprint density at radius 1 is 1.27 bits per heavy atom. The average Bonchev–Trinajstić information content (AvgIpc) is 2.67. The van der Waals surface area contributed by atoms with Gasteiger partial charge in [0.25, 0.3) is 0 Å². The van der Waals surface area contributed by atoms with Crippen molar-refractivity contribution in [2.75, 3.05) is 0 Å². The van der Waals surface area contributed by atoms with Gasteiger partial charge in [0.1, 0.15) is 6.10 Å². The van der Waals surface area contributed by atoms with Crippen molar-refractivity contribution in [1.29, 1.82) is 0 Å². The Balaban J connectivity index is 2.10. The van der Waals surface area contributed by atoms with E-state index in [4.69, 9.17) is 9.84 Å². The molecule has 0 aromatic rings. The minimum Gasteiger partial charge on any atom is -0.512 e. The quantitative estimate of drug-likeness (QED) is 0.396. The molecule has 30 heavy (non-hydrogen) atoms. The number of aliphatic hydroxyl groups excluding tert-OH is 3. The number of carbonyl (C=O) groups is 2. The number of rotatable bonds is 10. The topological polar surface area (TPSA) is 124 Å². The highest BCUT2D eigenvalue weighted by molar-refractivity contribution is 5.72. The third-order valence-electron chi connectivity index (χ3n) is 6.57.